The average Bonchev–Trinajstić information content (AvgIpc) is 2.78. The largest absolute Gasteiger partial charge is 0.441 e. The number of nitrogens with one attached hydrogen (secondary N) is 1. The minimum Gasteiger partial charge on any atom is -0.441 e. The van der Waals surface area contributed by atoms with E-state index in [1.54, 1.807) is 32.1 Å². The van der Waals surface area contributed by atoms with E-state index in [2.05, 4.69) is 16.9 Å². The zero-order chi connectivity index (χ0) is 14.5. The molecule has 0 spiro atoms. The molecular weight excluding hydrogens is 256 g/mol. The predicted octanol–water partition coefficient (Wildman–Crippen LogP) is 3.06. The summed E-state index contributed by atoms with van der Waals surface area (Å²) in [7, 11) is 0. The van der Waals surface area contributed by atoms with E-state index < -0.39 is 6.10 Å². The van der Waals surface area contributed by atoms with Crippen molar-refractivity contribution >= 4 is 22.7 Å². The Labute approximate surface area is 117 Å². The first-order valence-corrected chi connectivity index (χ1v) is 6.50. The van der Waals surface area contributed by atoms with Gasteiger partial charge in [0, 0.05) is 18.7 Å². The second-order valence-electron chi connectivity index (χ2n) is 4.50. The summed E-state index contributed by atoms with van der Waals surface area (Å²) in [4.78, 5) is 16.1. The molecular formula is C15H18N2O3. The van der Waals surface area contributed by atoms with Gasteiger partial charge < -0.3 is 14.5 Å². The molecule has 1 aromatic heterocycles. The third-order valence-corrected chi connectivity index (χ3v) is 2.82. The lowest BCUT2D eigenvalue weighted by atomic mass is 10.2. The first-order valence-electron chi connectivity index (χ1n) is 6.50. The van der Waals surface area contributed by atoms with Crippen LogP contribution in [-0.4, -0.2) is 23.6 Å². The van der Waals surface area contributed by atoms with Crippen molar-refractivity contribution in [2.24, 2.45) is 0 Å². The number of anilines is 1. The van der Waals surface area contributed by atoms with Crippen molar-refractivity contribution in [1.82, 2.24) is 4.98 Å². The van der Waals surface area contributed by atoms with Gasteiger partial charge in [-0.15, -0.1) is 6.58 Å². The van der Waals surface area contributed by atoms with Gasteiger partial charge in [-0.05, 0) is 25.5 Å². The Balaban J connectivity index is 1.99. The molecule has 0 radical (unpaired) electrons. The molecule has 0 aliphatic carbocycles. The second kappa shape index (κ2) is 6.34. The van der Waals surface area contributed by atoms with Crippen LogP contribution in [-0.2, 0) is 9.53 Å². The van der Waals surface area contributed by atoms with Gasteiger partial charge in [0.15, 0.2) is 11.5 Å². The normalized spacial score (nSPS) is 12.3. The van der Waals surface area contributed by atoms with E-state index in [4.69, 9.17) is 9.15 Å². The highest BCUT2D eigenvalue weighted by atomic mass is 16.5. The average molecular weight is 274 g/mol. The fourth-order valence-electron chi connectivity index (χ4n) is 1.77. The number of aryl methyl sites for hydroxylation is 1. The Morgan fingerprint density at radius 2 is 2.40 bits per heavy atom. The molecule has 1 atom stereocenters. The Morgan fingerprint density at radius 1 is 1.60 bits per heavy atom. The zero-order valence-corrected chi connectivity index (χ0v) is 11.7. The summed E-state index contributed by atoms with van der Waals surface area (Å²) < 4.78 is 10.8. The van der Waals surface area contributed by atoms with Gasteiger partial charge in [-0.25, -0.2) is 4.98 Å². The maximum atomic E-state index is 11.9. The number of rotatable bonds is 6. The molecule has 5 nitrogen and oxygen atoms in total. The van der Waals surface area contributed by atoms with Crippen LogP contribution in [0.2, 0.25) is 0 Å². The van der Waals surface area contributed by atoms with E-state index in [-0.39, 0.29) is 5.91 Å². The van der Waals surface area contributed by atoms with Gasteiger partial charge in [0.25, 0.3) is 5.91 Å². The molecule has 0 bridgehead atoms. The van der Waals surface area contributed by atoms with Crippen molar-refractivity contribution in [3.63, 3.8) is 0 Å². The smallest absolute Gasteiger partial charge is 0.253 e. The fourth-order valence-corrected chi connectivity index (χ4v) is 1.77. The van der Waals surface area contributed by atoms with Gasteiger partial charge in [-0.3, -0.25) is 4.79 Å². The number of ether oxygens (including phenoxy) is 1. The molecule has 1 aromatic carbocycles. The van der Waals surface area contributed by atoms with Crippen molar-refractivity contribution in [3.05, 3.63) is 36.7 Å². The molecule has 0 fully saturated rings. The van der Waals surface area contributed by atoms with Crippen LogP contribution < -0.4 is 5.32 Å². The fraction of sp³-hybridized carbons (Fsp3) is 0.333. The standard InChI is InChI=1S/C15H18N2O3/c1-4-5-8-19-10(2)15(18)17-12-6-7-13-14(9-12)20-11(3)16-13/h4,6-7,9-10H,1,5,8H2,2-3H3,(H,17,18). The Morgan fingerprint density at radius 3 is 3.15 bits per heavy atom. The van der Waals surface area contributed by atoms with Gasteiger partial charge in [0.05, 0.1) is 6.61 Å². The van der Waals surface area contributed by atoms with Crippen molar-refractivity contribution < 1.29 is 13.9 Å². The molecule has 20 heavy (non-hydrogen) atoms. The first-order chi connectivity index (χ1) is 9.60. The molecule has 2 aromatic rings. The third-order valence-electron chi connectivity index (χ3n) is 2.82. The number of amides is 1. The van der Waals surface area contributed by atoms with Crippen molar-refractivity contribution in [2.45, 2.75) is 26.4 Å². The van der Waals surface area contributed by atoms with Crippen LogP contribution in [0.1, 0.15) is 19.2 Å². The van der Waals surface area contributed by atoms with Crippen molar-refractivity contribution in [1.29, 1.82) is 0 Å². The SMILES string of the molecule is C=CCCOC(C)C(=O)Nc1ccc2nc(C)oc2c1. The summed E-state index contributed by atoms with van der Waals surface area (Å²) in [5.74, 6) is 0.411. The number of benzene rings is 1. The molecule has 2 rings (SSSR count). The monoisotopic (exact) mass is 274 g/mol. The van der Waals surface area contributed by atoms with E-state index in [0.29, 0.717) is 23.8 Å². The lowest BCUT2D eigenvalue weighted by Crippen LogP contribution is -2.27. The Bertz CT molecular complexity index is 619. The summed E-state index contributed by atoms with van der Waals surface area (Å²) in [6.07, 6.45) is 1.97. The van der Waals surface area contributed by atoms with Crippen LogP contribution in [0.5, 0.6) is 0 Å². The maximum Gasteiger partial charge on any atom is 0.253 e. The topological polar surface area (TPSA) is 64.4 Å². The number of hydrogen-bond donors (Lipinski definition) is 1. The number of carbonyl (C=O) groups is 1. The zero-order valence-electron chi connectivity index (χ0n) is 11.7. The van der Waals surface area contributed by atoms with Gasteiger partial charge in [-0.2, -0.15) is 0 Å². The number of oxazole rings is 1. The number of nitrogens with zero attached hydrogens (tertiary/aromatic N) is 1. The van der Waals surface area contributed by atoms with Gasteiger partial charge in [0.2, 0.25) is 0 Å². The quantitative estimate of drug-likeness (QED) is 0.649. The number of aromatic nitrogens is 1. The summed E-state index contributed by atoms with van der Waals surface area (Å²) in [5.41, 5.74) is 2.09. The van der Waals surface area contributed by atoms with Gasteiger partial charge in [-0.1, -0.05) is 6.08 Å². The van der Waals surface area contributed by atoms with E-state index in [0.717, 1.165) is 11.9 Å². The first kappa shape index (κ1) is 14.3. The maximum absolute atomic E-state index is 11.9. The van der Waals surface area contributed by atoms with Crippen LogP contribution in [0.3, 0.4) is 0 Å². The summed E-state index contributed by atoms with van der Waals surface area (Å²) in [6, 6.07) is 5.35. The highest BCUT2D eigenvalue weighted by Gasteiger charge is 2.13. The molecule has 0 saturated carbocycles. The summed E-state index contributed by atoms with van der Waals surface area (Å²) >= 11 is 0. The molecule has 5 heteroatoms. The van der Waals surface area contributed by atoms with Crippen LogP contribution >= 0.6 is 0 Å². The molecule has 1 amide bonds. The molecule has 0 aliphatic heterocycles. The summed E-state index contributed by atoms with van der Waals surface area (Å²) in [5, 5.41) is 2.79. The highest BCUT2D eigenvalue weighted by molar-refractivity contribution is 5.95. The van der Waals surface area contributed by atoms with Crippen LogP contribution in [0, 0.1) is 6.92 Å². The Hall–Kier alpha value is -2.14. The highest BCUT2D eigenvalue weighted by Crippen LogP contribution is 2.20. The van der Waals surface area contributed by atoms with Crippen molar-refractivity contribution in [2.75, 3.05) is 11.9 Å². The number of carbonyl (C=O) groups excluding carboxylic acids is 1. The minimum atomic E-state index is -0.512. The Kier molecular flexibility index (Phi) is 4.53. The lowest BCUT2D eigenvalue weighted by Gasteiger charge is -2.12. The van der Waals surface area contributed by atoms with Crippen LogP contribution in [0.4, 0.5) is 5.69 Å². The molecule has 0 aliphatic rings. The summed E-state index contributed by atoms with van der Waals surface area (Å²) in [6.45, 7) is 7.59. The predicted molar refractivity (Wildman–Crippen MR) is 77.6 cm³/mol. The molecule has 0 saturated heterocycles. The van der Waals surface area contributed by atoms with E-state index in [1.807, 2.05) is 6.07 Å². The minimum absolute atomic E-state index is 0.190. The molecule has 1 N–H and O–H groups in total. The van der Waals surface area contributed by atoms with Gasteiger partial charge >= 0.3 is 0 Å². The van der Waals surface area contributed by atoms with Gasteiger partial charge in [0.1, 0.15) is 11.6 Å². The number of fused-ring (bicyclic) bond motifs is 1. The molecule has 106 valence electrons. The van der Waals surface area contributed by atoms with E-state index >= 15 is 0 Å². The number of hydrogen-bond acceptors (Lipinski definition) is 4. The molecule has 1 unspecified atom stereocenters. The van der Waals surface area contributed by atoms with E-state index in [1.165, 1.54) is 0 Å². The van der Waals surface area contributed by atoms with Crippen molar-refractivity contribution in [3.8, 4) is 0 Å². The van der Waals surface area contributed by atoms with Crippen LogP contribution in [0.15, 0.2) is 35.3 Å². The molecule has 1 heterocycles. The van der Waals surface area contributed by atoms with Crippen LogP contribution in [0.25, 0.3) is 11.1 Å². The lowest BCUT2D eigenvalue weighted by molar-refractivity contribution is -0.126. The third kappa shape index (κ3) is 3.45. The van der Waals surface area contributed by atoms with E-state index in [9.17, 15) is 4.79 Å². The second-order valence-corrected chi connectivity index (χ2v) is 4.50.